The smallest absolute Gasteiger partial charge is 0.109 e. The van der Waals surface area contributed by atoms with Gasteiger partial charge in [-0.05, 0) is 55.4 Å². The molecule has 1 atom stereocenters. The van der Waals surface area contributed by atoms with Gasteiger partial charge in [-0.3, -0.25) is 4.99 Å². The summed E-state index contributed by atoms with van der Waals surface area (Å²) in [6.07, 6.45) is 3.73. The molecule has 20 heavy (non-hydrogen) atoms. The molecule has 2 heterocycles. The van der Waals surface area contributed by atoms with Crippen molar-refractivity contribution in [3.63, 3.8) is 0 Å². The third-order valence-corrected chi connectivity index (χ3v) is 6.20. The summed E-state index contributed by atoms with van der Waals surface area (Å²) in [6, 6.07) is 0.474. The van der Waals surface area contributed by atoms with Gasteiger partial charge >= 0.3 is 0 Å². The molecule has 1 saturated heterocycles. The average Bonchev–Trinajstić information content (AvgIpc) is 2.78. The average molecular weight is 334 g/mol. The Bertz CT molecular complexity index is 617. The molecule has 1 fully saturated rings. The third-order valence-electron chi connectivity index (χ3n) is 5.01. The van der Waals surface area contributed by atoms with Gasteiger partial charge < -0.3 is 10.6 Å². The van der Waals surface area contributed by atoms with Crippen LogP contribution in [0.1, 0.15) is 41.0 Å². The van der Waals surface area contributed by atoms with E-state index in [4.69, 9.17) is 4.99 Å². The van der Waals surface area contributed by atoms with Gasteiger partial charge in [0.1, 0.15) is 5.84 Å². The Kier molecular flexibility index (Phi) is 2.93. The summed E-state index contributed by atoms with van der Waals surface area (Å²) in [5.41, 5.74) is 7.19. The van der Waals surface area contributed by atoms with Crippen LogP contribution in [0.15, 0.2) is 9.47 Å². The minimum Gasteiger partial charge on any atom is -0.343 e. The van der Waals surface area contributed by atoms with Crippen LogP contribution in [-0.2, 0) is 6.42 Å². The van der Waals surface area contributed by atoms with Crippen LogP contribution < -0.4 is 10.6 Å². The largest absolute Gasteiger partial charge is 0.343 e. The van der Waals surface area contributed by atoms with E-state index in [1.165, 1.54) is 46.4 Å². The summed E-state index contributed by atoms with van der Waals surface area (Å²) in [5, 5.41) is 6.95. The number of benzene rings is 1. The van der Waals surface area contributed by atoms with Gasteiger partial charge in [-0.2, -0.15) is 0 Å². The minimum atomic E-state index is 0.474. The normalized spacial score (nSPS) is 26.4. The number of hydrogen-bond donors (Lipinski definition) is 2. The quantitative estimate of drug-likeness (QED) is 0.827. The van der Waals surface area contributed by atoms with Gasteiger partial charge in [-0.1, -0.05) is 15.9 Å². The lowest BCUT2D eigenvalue weighted by Gasteiger charge is -2.26. The molecule has 0 radical (unpaired) electrons. The van der Waals surface area contributed by atoms with Crippen LogP contribution in [-0.4, -0.2) is 25.0 Å². The van der Waals surface area contributed by atoms with Crippen LogP contribution in [0, 0.1) is 13.8 Å². The zero-order valence-corrected chi connectivity index (χ0v) is 13.6. The van der Waals surface area contributed by atoms with Crippen molar-refractivity contribution in [1.82, 2.24) is 5.32 Å². The summed E-state index contributed by atoms with van der Waals surface area (Å²) < 4.78 is 1.27. The fourth-order valence-electron chi connectivity index (χ4n) is 3.75. The number of amidine groups is 1. The standard InChI is InChI=1S/C16H20BrN3/c1-8-11-4-3-5-12-13(11)15(9(2)14(8)17)20-16(12)19-10-6-18-7-10/h10,12,18H,3-7H2,1-2H3,(H,19,20). The van der Waals surface area contributed by atoms with Crippen molar-refractivity contribution in [2.45, 2.75) is 45.1 Å². The second-order valence-corrected chi connectivity index (χ2v) is 7.02. The predicted molar refractivity (Wildman–Crippen MR) is 87.0 cm³/mol. The van der Waals surface area contributed by atoms with E-state index in [1.54, 1.807) is 11.1 Å². The number of anilines is 1. The van der Waals surface area contributed by atoms with Crippen molar-refractivity contribution < 1.29 is 0 Å². The monoisotopic (exact) mass is 333 g/mol. The first-order valence-corrected chi connectivity index (χ1v) is 8.33. The first-order valence-electron chi connectivity index (χ1n) is 7.53. The lowest BCUT2D eigenvalue weighted by molar-refractivity contribution is 0.446. The third kappa shape index (κ3) is 1.70. The van der Waals surface area contributed by atoms with Crippen LogP contribution in [0.2, 0.25) is 0 Å². The van der Waals surface area contributed by atoms with Crippen LogP contribution in [0.5, 0.6) is 0 Å². The molecule has 0 spiro atoms. The van der Waals surface area contributed by atoms with E-state index in [1.807, 2.05) is 0 Å². The Balaban J connectivity index is 1.85. The molecule has 3 nitrogen and oxygen atoms in total. The summed E-state index contributed by atoms with van der Waals surface area (Å²) in [4.78, 5) is 4.95. The fourth-order valence-corrected chi connectivity index (χ4v) is 4.18. The minimum absolute atomic E-state index is 0.474. The van der Waals surface area contributed by atoms with E-state index in [0.717, 1.165) is 13.1 Å². The molecule has 3 aliphatic rings. The molecule has 2 N–H and O–H groups in total. The lowest BCUT2D eigenvalue weighted by Crippen LogP contribution is -2.46. The van der Waals surface area contributed by atoms with Crippen LogP contribution in [0.3, 0.4) is 0 Å². The van der Waals surface area contributed by atoms with E-state index in [-0.39, 0.29) is 0 Å². The predicted octanol–water partition coefficient (Wildman–Crippen LogP) is 3.28. The summed E-state index contributed by atoms with van der Waals surface area (Å²) in [6.45, 7) is 6.52. The van der Waals surface area contributed by atoms with Gasteiger partial charge in [0.2, 0.25) is 0 Å². The van der Waals surface area contributed by atoms with E-state index in [2.05, 4.69) is 40.4 Å². The Morgan fingerprint density at radius 1 is 1.20 bits per heavy atom. The second kappa shape index (κ2) is 4.57. The summed E-state index contributed by atoms with van der Waals surface area (Å²) >= 11 is 3.77. The number of nitrogens with zero attached hydrogens (tertiary/aromatic N) is 1. The van der Waals surface area contributed by atoms with Gasteiger partial charge in [0.25, 0.3) is 0 Å². The fraction of sp³-hybridized carbons (Fsp3) is 0.562. The van der Waals surface area contributed by atoms with Gasteiger partial charge in [0, 0.05) is 29.2 Å². The highest BCUT2D eigenvalue weighted by Gasteiger charge is 2.37. The maximum atomic E-state index is 4.95. The van der Waals surface area contributed by atoms with Crippen molar-refractivity contribution in [1.29, 1.82) is 0 Å². The topological polar surface area (TPSA) is 36.4 Å². The molecule has 1 aromatic rings. The molecule has 4 rings (SSSR count). The van der Waals surface area contributed by atoms with Crippen molar-refractivity contribution >= 4 is 27.5 Å². The Labute approximate surface area is 128 Å². The number of aliphatic imine (C=N–C) groups is 1. The highest BCUT2D eigenvalue weighted by Crippen LogP contribution is 2.48. The first kappa shape index (κ1) is 12.8. The van der Waals surface area contributed by atoms with Crippen molar-refractivity contribution in [2.75, 3.05) is 18.4 Å². The Morgan fingerprint density at radius 2 is 2.00 bits per heavy atom. The van der Waals surface area contributed by atoms with Gasteiger partial charge in [-0.25, -0.2) is 0 Å². The molecular weight excluding hydrogens is 314 g/mol. The highest BCUT2D eigenvalue weighted by molar-refractivity contribution is 9.10. The van der Waals surface area contributed by atoms with E-state index in [9.17, 15) is 0 Å². The number of halogens is 1. The maximum absolute atomic E-state index is 4.95. The Hall–Kier alpha value is -0.870. The molecular formula is C16H20BrN3. The maximum Gasteiger partial charge on any atom is 0.109 e. The zero-order chi connectivity index (χ0) is 13.9. The lowest BCUT2D eigenvalue weighted by atomic mass is 9.80. The second-order valence-electron chi connectivity index (χ2n) is 6.23. The van der Waals surface area contributed by atoms with Crippen LogP contribution in [0.4, 0.5) is 5.69 Å². The highest BCUT2D eigenvalue weighted by atomic mass is 79.9. The van der Waals surface area contributed by atoms with E-state index < -0.39 is 0 Å². The molecule has 1 aromatic carbocycles. The SMILES string of the molecule is Cc1c(Br)c(C)c2c3c1CCCC3C(=NC1CNC1)N2. The number of rotatable bonds is 1. The van der Waals surface area contributed by atoms with Crippen LogP contribution in [0.25, 0.3) is 0 Å². The van der Waals surface area contributed by atoms with Gasteiger partial charge in [0.05, 0.1) is 6.04 Å². The molecule has 106 valence electrons. The molecule has 0 saturated carbocycles. The zero-order valence-electron chi connectivity index (χ0n) is 12.0. The molecule has 0 aromatic heterocycles. The van der Waals surface area contributed by atoms with E-state index in [0.29, 0.717) is 12.0 Å². The van der Waals surface area contributed by atoms with Crippen molar-refractivity contribution in [2.24, 2.45) is 4.99 Å². The molecule has 0 bridgehead atoms. The molecule has 1 aliphatic carbocycles. The number of nitrogens with one attached hydrogen (secondary N) is 2. The molecule has 0 amide bonds. The molecule has 4 heteroatoms. The summed E-state index contributed by atoms with van der Waals surface area (Å²) in [5.74, 6) is 1.73. The van der Waals surface area contributed by atoms with Crippen molar-refractivity contribution in [3.8, 4) is 0 Å². The van der Waals surface area contributed by atoms with Crippen molar-refractivity contribution in [3.05, 3.63) is 26.7 Å². The first-order chi connectivity index (χ1) is 9.66. The van der Waals surface area contributed by atoms with Crippen LogP contribution >= 0.6 is 15.9 Å². The Morgan fingerprint density at radius 3 is 2.70 bits per heavy atom. The molecule has 2 aliphatic heterocycles. The van der Waals surface area contributed by atoms with Gasteiger partial charge in [-0.15, -0.1) is 0 Å². The number of hydrogen-bond acceptors (Lipinski definition) is 2. The van der Waals surface area contributed by atoms with E-state index >= 15 is 0 Å². The van der Waals surface area contributed by atoms with Gasteiger partial charge in [0.15, 0.2) is 0 Å². The summed E-state index contributed by atoms with van der Waals surface area (Å²) in [7, 11) is 0. The molecule has 1 unspecified atom stereocenters.